The Kier molecular flexibility index (Phi) is 7.32. The van der Waals surface area contributed by atoms with Gasteiger partial charge in [0.25, 0.3) is 11.8 Å². The van der Waals surface area contributed by atoms with Crippen molar-refractivity contribution in [1.29, 1.82) is 0 Å². The van der Waals surface area contributed by atoms with Gasteiger partial charge in [-0.05, 0) is 31.4 Å². The fourth-order valence-corrected chi connectivity index (χ4v) is 4.93. The first-order valence-corrected chi connectivity index (χ1v) is 13.2. The van der Waals surface area contributed by atoms with Crippen LogP contribution in [0.5, 0.6) is 0 Å². The summed E-state index contributed by atoms with van der Waals surface area (Å²) in [5.41, 5.74) is 0.297. The van der Waals surface area contributed by atoms with Gasteiger partial charge in [0.15, 0.2) is 12.4 Å². The molecule has 1 saturated heterocycles. The molecule has 0 unspecified atom stereocenters. The Hall–Kier alpha value is -4.28. The van der Waals surface area contributed by atoms with E-state index < -0.39 is 17.2 Å². The first-order chi connectivity index (χ1) is 18.8. The van der Waals surface area contributed by atoms with Crippen molar-refractivity contribution in [3.63, 3.8) is 0 Å². The van der Waals surface area contributed by atoms with E-state index in [9.17, 15) is 24.3 Å². The molecule has 3 aromatic rings. The van der Waals surface area contributed by atoms with Crippen LogP contribution in [0.1, 0.15) is 52.9 Å². The number of aromatic carboxylic acids is 1. The van der Waals surface area contributed by atoms with E-state index in [2.05, 4.69) is 5.32 Å². The Balaban J connectivity index is 1.29. The highest BCUT2D eigenvalue weighted by molar-refractivity contribution is 5.95. The van der Waals surface area contributed by atoms with E-state index in [4.69, 9.17) is 0 Å². The molecule has 10 nitrogen and oxygen atoms in total. The predicted octanol–water partition coefficient (Wildman–Crippen LogP) is 1.95. The van der Waals surface area contributed by atoms with E-state index in [1.165, 1.54) is 6.20 Å². The fraction of sp³-hybridized carbons (Fsp3) is 0.393. The van der Waals surface area contributed by atoms with E-state index in [-0.39, 0.29) is 35.4 Å². The molecule has 204 valence electrons. The summed E-state index contributed by atoms with van der Waals surface area (Å²) in [7, 11) is 0. The van der Waals surface area contributed by atoms with Crippen molar-refractivity contribution in [1.82, 2.24) is 14.8 Å². The van der Waals surface area contributed by atoms with Gasteiger partial charge in [0, 0.05) is 62.5 Å². The summed E-state index contributed by atoms with van der Waals surface area (Å²) < 4.78 is 18.7. The maximum atomic E-state index is 15.2. The third kappa shape index (κ3) is 5.47. The molecular formula is C28H31FN5O5+. The molecule has 5 rings (SSSR count). The van der Waals surface area contributed by atoms with Gasteiger partial charge in [0.05, 0.1) is 16.8 Å². The van der Waals surface area contributed by atoms with Crippen LogP contribution in [0.15, 0.2) is 47.7 Å². The smallest absolute Gasteiger partial charge is 0.341 e. The van der Waals surface area contributed by atoms with Gasteiger partial charge in [-0.15, -0.1) is 0 Å². The number of hydrogen-bond donors (Lipinski definition) is 2. The molecule has 2 amide bonds. The molecule has 0 atom stereocenters. The monoisotopic (exact) mass is 536 g/mol. The Morgan fingerprint density at radius 1 is 1.10 bits per heavy atom. The number of hydrogen-bond acceptors (Lipinski definition) is 5. The summed E-state index contributed by atoms with van der Waals surface area (Å²) in [5, 5.41) is 12.3. The van der Waals surface area contributed by atoms with Crippen molar-refractivity contribution in [3.05, 3.63) is 70.0 Å². The molecule has 0 spiro atoms. The molecule has 2 fully saturated rings. The van der Waals surface area contributed by atoms with Gasteiger partial charge in [0.2, 0.25) is 12.0 Å². The summed E-state index contributed by atoms with van der Waals surface area (Å²) in [6, 6.07) is 6.23. The highest BCUT2D eigenvalue weighted by atomic mass is 19.1. The molecule has 0 bridgehead atoms. The van der Waals surface area contributed by atoms with Crippen LogP contribution in [0, 0.1) is 5.82 Å². The van der Waals surface area contributed by atoms with Crippen molar-refractivity contribution in [2.24, 2.45) is 0 Å². The Labute approximate surface area is 224 Å². The molecule has 1 aliphatic heterocycles. The van der Waals surface area contributed by atoms with Crippen molar-refractivity contribution >= 4 is 34.4 Å². The zero-order valence-electron chi connectivity index (χ0n) is 21.7. The number of pyridine rings is 2. The van der Waals surface area contributed by atoms with Gasteiger partial charge in [-0.2, -0.15) is 4.57 Å². The molecule has 1 aliphatic carbocycles. The second-order valence-corrected chi connectivity index (χ2v) is 10.0. The summed E-state index contributed by atoms with van der Waals surface area (Å²) in [5.74, 6) is -2.15. The Morgan fingerprint density at radius 2 is 1.79 bits per heavy atom. The molecule has 1 aromatic carbocycles. The van der Waals surface area contributed by atoms with Crippen LogP contribution in [0.25, 0.3) is 10.9 Å². The number of carbonyl (C=O) groups is 3. The molecule has 2 N–H and O–H groups in total. The average molecular weight is 537 g/mol. The molecule has 1 saturated carbocycles. The normalized spacial score (nSPS) is 15.4. The van der Waals surface area contributed by atoms with E-state index >= 15 is 4.39 Å². The predicted molar refractivity (Wildman–Crippen MR) is 141 cm³/mol. The van der Waals surface area contributed by atoms with Gasteiger partial charge in [-0.25, -0.2) is 9.18 Å². The van der Waals surface area contributed by atoms with Crippen LogP contribution < -0.4 is 20.2 Å². The van der Waals surface area contributed by atoms with Crippen molar-refractivity contribution in [2.75, 3.05) is 37.6 Å². The van der Waals surface area contributed by atoms with Crippen molar-refractivity contribution < 1.29 is 28.4 Å². The molecule has 39 heavy (non-hydrogen) atoms. The number of anilines is 1. The topological polar surface area (TPSA) is 116 Å². The highest BCUT2D eigenvalue weighted by Crippen LogP contribution is 2.38. The van der Waals surface area contributed by atoms with Gasteiger partial charge in [-0.3, -0.25) is 14.4 Å². The van der Waals surface area contributed by atoms with Crippen LogP contribution in [0.2, 0.25) is 0 Å². The number of aromatic nitrogens is 2. The number of fused-ring (bicyclic) bond motifs is 1. The van der Waals surface area contributed by atoms with E-state index in [0.717, 1.165) is 25.3 Å². The lowest BCUT2D eigenvalue weighted by molar-refractivity contribution is -0.684. The molecule has 2 aliphatic rings. The highest BCUT2D eigenvalue weighted by Gasteiger charge is 2.29. The number of carbonyl (C=O) groups excluding carboxylic acids is 2. The standard InChI is InChI=1S/C28H30FN5O5/c1-2-7-30-25(35)17-31-8-5-18(6-9-31)27(37)33-12-10-32(11-13-33)24-15-23-20(14-22(24)29)26(36)21(28(38)39)16-34(23)19-3-4-19/h5-6,8-9,14-16,19H,2-4,7,10-13,17H2,1H3,(H-,30,35,38,39)/p+1. The van der Waals surface area contributed by atoms with E-state index in [1.807, 2.05) is 11.8 Å². The quantitative estimate of drug-likeness (QED) is 0.426. The number of halogens is 1. The van der Waals surface area contributed by atoms with Crippen LogP contribution in [-0.2, 0) is 11.3 Å². The van der Waals surface area contributed by atoms with Gasteiger partial charge in [-0.1, -0.05) is 6.92 Å². The SMILES string of the molecule is CCCNC(=O)C[n+]1ccc(C(=O)N2CCN(c3cc4c(cc3F)c(=O)c(C(=O)O)cn4C3CC3)CC2)cc1. The number of carboxylic acid groups (broad SMARTS) is 1. The third-order valence-corrected chi connectivity index (χ3v) is 7.22. The largest absolute Gasteiger partial charge is 0.477 e. The minimum atomic E-state index is -1.33. The van der Waals surface area contributed by atoms with Gasteiger partial charge in [0.1, 0.15) is 11.4 Å². The number of amides is 2. The third-order valence-electron chi connectivity index (χ3n) is 7.22. The lowest BCUT2D eigenvalue weighted by Crippen LogP contribution is -2.49. The Morgan fingerprint density at radius 3 is 2.41 bits per heavy atom. The molecule has 2 aromatic heterocycles. The zero-order chi connectivity index (χ0) is 27.7. The summed E-state index contributed by atoms with van der Waals surface area (Å²) in [6.07, 6.45) is 7.37. The first kappa shape index (κ1) is 26.3. The number of rotatable bonds is 8. The zero-order valence-corrected chi connectivity index (χ0v) is 21.7. The second kappa shape index (κ2) is 10.8. The number of nitrogens with one attached hydrogen (secondary N) is 1. The number of benzene rings is 1. The summed E-state index contributed by atoms with van der Waals surface area (Å²) in [4.78, 5) is 52.9. The Bertz CT molecular complexity index is 1490. The number of nitrogens with zero attached hydrogens (tertiary/aromatic N) is 4. The molecule has 11 heteroatoms. The van der Waals surface area contributed by atoms with Crippen molar-refractivity contribution in [3.8, 4) is 0 Å². The average Bonchev–Trinajstić information content (AvgIpc) is 3.78. The number of piperazine rings is 1. The van der Waals surface area contributed by atoms with Gasteiger partial charge < -0.3 is 24.8 Å². The van der Waals surface area contributed by atoms with Gasteiger partial charge >= 0.3 is 5.97 Å². The number of carboxylic acids is 1. The lowest BCUT2D eigenvalue weighted by atomic mass is 10.1. The molecular weight excluding hydrogens is 505 g/mol. The van der Waals surface area contributed by atoms with Crippen LogP contribution in [0.3, 0.4) is 0 Å². The van der Waals surface area contributed by atoms with E-state index in [1.54, 1.807) is 44.6 Å². The molecule has 0 radical (unpaired) electrons. The maximum Gasteiger partial charge on any atom is 0.341 e. The van der Waals surface area contributed by atoms with Crippen LogP contribution in [0.4, 0.5) is 10.1 Å². The first-order valence-electron chi connectivity index (χ1n) is 13.2. The maximum absolute atomic E-state index is 15.2. The molecule has 3 heterocycles. The summed E-state index contributed by atoms with van der Waals surface area (Å²) in [6.45, 7) is 4.36. The van der Waals surface area contributed by atoms with Crippen molar-refractivity contribution in [2.45, 2.75) is 38.8 Å². The van der Waals surface area contributed by atoms with E-state index in [0.29, 0.717) is 49.5 Å². The minimum absolute atomic E-state index is 0.0565. The minimum Gasteiger partial charge on any atom is -0.477 e. The van der Waals surface area contributed by atoms with Crippen LogP contribution >= 0.6 is 0 Å². The lowest BCUT2D eigenvalue weighted by Gasteiger charge is -2.36. The summed E-state index contributed by atoms with van der Waals surface area (Å²) >= 11 is 0. The fourth-order valence-electron chi connectivity index (χ4n) is 4.93. The van der Waals surface area contributed by atoms with Crippen LogP contribution in [-0.4, -0.2) is 65.1 Å². The second-order valence-electron chi connectivity index (χ2n) is 10.0.